The zero-order chi connectivity index (χ0) is 9.90. The Kier molecular flexibility index (Phi) is 3.74. The topological polar surface area (TPSA) is 12.5 Å². The van der Waals surface area contributed by atoms with E-state index in [1.165, 1.54) is 25.8 Å². The predicted molar refractivity (Wildman–Crippen MR) is 55.9 cm³/mol. The molecule has 1 rings (SSSR count). The van der Waals surface area contributed by atoms with Gasteiger partial charge >= 0.3 is 0 Å². The second-order valence-electron chi connectivity index (χ2n) is 4.41. The molecule has 0 aliphatic carbocycles. The molecule has 1 saturated heterocycles. The Morgan fingerprint density at radius 2 is 2.23 bits per heavy atom. The summed E-state index contributed by atoms with van der Waals surface area (Å²) in [5.41, 5.74) is 0.405. The Bertz CT molecular complexity index is 156. The van der Waals surface area contributed by atoms with Gasteiger partial charge in [-0.05, 0) is 39.8 Å². The maximum absolute atomic E-state index is 5.37. The smallest absolute Gasteiger partial charge is 0.0533 e. The van der Waals surface area contributed by atoms with Crippen molar-refractivity contribution in [3.63, 3.8) is 0 Å². The molecule has 13 heavy (non-hydrogen) atoms. The van der Waals surface area contributed by atoms with E-state index in [4.69, 9.17) is 4.74 Å². The molecule has 0 amide bonds. The van der Waals surface area contributed by atoms with Crippen LogP contribution in [-0.4, -0.2) is 38.3 Å². The normalized spacial score (nSPS) is 36.5. The van der Waals surface area contributed by atoms with Crippen LogP contribution in [-0.2, 0) is 4.74 Å². The van der Waals surface area contributed by atoms with Crippen LogP contribution in [0, 0.1) is 5.41 Å². The van der Waals surface area contributed by atoms with Crippen LogP contribution < -0.4 is 0 Å². The molecule has 1 unspecified atom stereocenters. The third-order valence-electron chi connectivity index (χ3n) is 3.87. The van der Waals surface area contributed by atoms with Crippen LogP contribution in [0.3, 0.4) is 0 Å². The molecule has 0 N–H and O–H groups in total. The summed E-state index contributed by atoms with van der Waals surface area (Å²) in [7, 11) is 4.04. The van der Waals surface area contributed by atoms with Gasteiger partial charge in [-0.1, -0.05) is 6.92 Å². The molecule has 1 aliphatic heterocycles. The highest BCUT2D eigenvalue weighted by Gasteiger charge is 2.39. The first-order chi connectivity index (χ1) is 6.16. The first-order valence-corrected chi connectivity index (χ1v) is 5.35. The van der Waals surface area contributed by atoms with Gasteiger partial charge < -0.3 is 9.64 Å². The summed E-state index contributed by atoms with van der Waals surface area (Å²) in [6.45, 7) is 6.78. The molecule has 2 nitrogen and oxygen atoms in total. The minimum atomic E-state index is 0.405. The number of nitrogens with zero attached hydrogens (tertiary/aromatic N) is 1. The van der Waals surface area contributed by atoms with E-state index in [1.54, 1.807) is 0 Å². The van der Waals surface area contributed by atoms with Gasteiger partial charge in [0.15, 0.2) is 0 Å². The molecule has 0 spiro atoms. The molecule has 0 aromatic rings. The number of hydrogen-bond acceptors (Lipinski definition) is 2. The quantitative estimate of drug-likeness (QED) is 0.668. The van der Waals surface area contributed by atoms with E-state index in [1.807, 2.05) is 7.11 Å². The number of hydrogen-bond donors (Lipinski definition) is 0. The second kappa shape index (κ2) is 4.43. The number of likely N-dealkylation sites (tertiary alicyclic amines) is 1. The molecule has 2 heteroatoms. The summed E-state index contributed by atoms with van der Waals surface area (Å²) in [5, 5.41) is 0. The third-order valence-corrected chi connectivity index (χ3v) is 3.87. The Labute approximate surface area is 82.3 Å². The van der Waals surface area contributed by atoms with Crippen molar-refractivity contribution in [2.45, 2.75) is 39.2 Å². The summed E-state index contributed by atoms with van der Waals surface area (Å²) in [6.07, 6.45) is 3.87. The molecule has 2 atom stereocenters. The Morgan fingerprint density at radius 3 is 2.77 bits per heavy atom. The van der Waals surface area contributed by atoms with Crippen LogP contribution >= 0.6 is 0 Å². The first-order valence-electron chi connectivity index (χ1n) is 5.35. The van der Waals surface area contributed by atoms with Gasteiger partial charge in [0.2, 0.25) is 0 Å². The maximum Gasteiger partial charge on any atom is 0.0533 e. The summed E-state index contributed by atoms with van der Waals surface area (Å²) >= 11 is 0. The number of methoxy groups -OCH3 is 1. The zero-order valence-electron chi connectivity index (χ0n) is 9.47. The molecule has 78 valence electrons. The van der Waals surface area contributed by atoms with Crippen molar-refractivity contribution in [1.82, 2.24) is 4.90 Å². The van der Waals surface area contributed by atoms with Crippen molar-refractivity contribution in [2.24, 2.45) is 5.41 Å². The van der Waals surface area contributed by atoms with Crippen molar-refractivity contribution < 1.29 is 4.74 Å². The van der Waals surface area contributed by atoms with Crippen molar-refractivity contribution in [3.05, 3.63) is 0 Å². The zero-order valence-corrected chi connectivity index (χ0v) is 9.47. The van der Waals surface area contributed by atoms with E-state index in [2.05, 4.69) is 25.8 Å². The van der Waals surface area contributed by atoms with Gasteiger partial charge in [0.05, 0.1) is 6.61 Å². The van der Waals surface area contributed by atoms with Crippen LogP contribution in [0.25, 0.3) is 0 Å². The van der Waals surface area contributed by atoms with Gasteiger partial charge in [0.1, 0.15) is 0 Å². The highest BCUT2D eigenvalue weighted by molar-refractivity contribution is 4.91. The van der Waals surface area contributed by atoms with Crippen LogP contribution in [0.15, 0.2) is 0 Å². The van der Waals surface area contributed by atoms with Crippen molar-refractivity contribution in [2.75, 3.05) is 27.3 Å². The fraction of sp³-hybridized carbons (Fsp3) is 1.00. The lowest BCUT2D eigenvalue weighted by Crippen LogP contribution is -2.50. The van der Waals surface area contributed by atoms with Crippen LogP contribution in [0.4, 0.5) is 0 Å². The van der Waals surface area contributed by atoms with Crippen LogP contribution in [0.1, 0.15) is 33.1 Å². The predicted octanol–water partition coefficient (Wildman–Crippen LogP) is 2.14. The molecule has 0 aromatic carbocycles. The van der Waals surface area contributed by atoms with Gasteiger partial charge in [0.25, 0.3) is 0 Å². The molecule has 1 fully saturated rings. The maximum atomic E-state index is 5.37. The Morgan fingerprint density at radius 1 is 1.54 bits per heavy atom. The molecule has 1 aliphatic rings. The van der Waals surface area contributed by atoms with Gasteiger partial charge in [-0.25, -0.2) is 0 Å². The van der Waals surface area contributed by atoms with E-state index in [9.17, 15) is 0 Å². The van der Waals surface area contributed by atoms with Crippen molar-refractivity contribution >= 4 is 0 Å². The Hall–Kier alpha value is -0.0800. The lowest BCUT2D eigenvalue weighted by atomic mass is 9.72. The molecule has 1 heterocycles. The molecule has 0 radical (unpaired) electrons. The third kappa shape index (κ3) is 2.05. The summed E-state index contributed by atoms with van der Waals surface area (Å²) in [5.74, 6) is 0. The average molecular weight is 185 g/mol. The lowest BCUT2D eigenvalue weighted by Gasteiger charge is -2.46. The van der Waals surface area contributed by atoms with E-state index in [0.717, 1.165) is 6.61 Å². The van der Waals surface area contributed by atoms with Gasteiger partial charge in [-0.15, -0.1) is 0 Å². The number of ether oxygens (including phenoxy) is 1. The largest absolute Gasteiger partial charge is 0.384 e. The van der Waals surface area contributed by atoms with E-state index < -0.39 is 0 Å². The van der Waals surface area contributed by atoms with Crippen molar-refractivity contribution in [1.29, 1.82) is 0 Å². The minimum Gasteiger partial charge on any atom is -0.384 e. The average Bonchev–Trinajstić information content (AvgIpc) is 2.13. The Balaban J connectivity index is 2.70. The molecule has 0 aromatic heterocycles. The monoisotopic (exact) mass is 185 g/mol. The highest BCUT2D eigenvalue weighted by Crippen LogP contribution is 2.38. The first kappa shape index (κ1) is 11.0. The van der Waals surface area contributed by atoms with E-state index in [-0.39, 0.29) is 0 Å². The molecule has 0 bridgehead atoms. The fourth-order valence-corrected chi connectivity index (χ4v) is 2.61. The van der Waals surface area contributed by atoms with Crippen LogP contribution in [0.2, 0.25) is 0 Å². The highest BCUT2D eigenvalue weighted by atomic mass is 16.5. The summed E-state index contributed by atoms with van der Waals surface area (Å²) in [4.78, 5) is 2.46. The standard InChI is InChI=1S/C11H23NO/c1-5-11(9-13-4)7-6-8-12(3)10(11)2/h10H,5-9H2,1-4H3/t10?,11-/m1/s1. The number of rotatable bonds is 3. The lowest BCUT2D eigenvalue weighted by molar-refractivity contribution is -0.0244. The number of piperidine rings is 1. The fourth-order valence-electron chi connectivity index (χ4n) is 2.61. The van der Waals surface area contributed by atoms with Gasteiger partial charge in [0, 0.05) is 18.6 Å². The van der Waals surface area contributed by atoms with Crippen LogP contribution in [0.5, 0.6) is 0 Å². The van der Waals surface area contributed by atoms with Crippen molar-refractivity contribution in [3.8, 4) is 0 Å². The summed E-state index contributed by atoms with van der Waals surface area (Å²) in [6, 6.07) is 0.659. The van der Waals surface area contributed by atoms with Gasteiger partial charge in [-0.3, -0.25) is 0 Å². The SMILES string of the molecule is CC[C@]1(COC)CCCN(C)C1C. The van der Waals surface area contributed by atoms with E-state index >= 15 is 0 Å². The molecular formula is C11H23NO. The molecule has 0 saturated carbocycles. The van der Waals surface area contributed by atoms with E-state index in [0.29, 0.717) is 11.5 Å². The second-order valence-corrected chi connectivity index (χ2v) is 4.41. The van der Waals surface area contributed by atoms with Gasteiger partial charge in [-0.2, -0.15) is 0 Å². The minimum absolute atomic E-state index is 0.405. The summed E-state index contributed by atoms with van der Waals surface area (Å²) < 4.78 is 5.37. The molecular weight excluding hydrogens is 162 g/mol.